The number of carbonyl (C=O) groups is 2. The minimum Gasteiger partial charge on any atom is -0.370 e. The smallest absolute Gasteiger partial charge is 0.294 e. The molecule has 0 aliphatic heterocycles. The Morgan fingerprint density at radius 2 is 2.05 bits per heavy atom. The zero-order valence-corrected chi connectivity index (χ0v) is 10.6. The summed E-state index contributed by atoms with van der Waals surface area (Å²) in [6, 6.07) is 4.03. The van der Waals surface area contributed by atoms with Crippen LogP contribution in [0, 0.1) is 10.1 Å². The summed E-state index contributed by atoms with van der Waals surface area (Å²) in [6.07, 6.45) is 0.540. The quantitative estimate of drug-likeness (QED) is 0.236. The summed E-state index contributed by atoms with van der Waals surface area (Å²) in [5.41, 5.74) is 6.82. The van der Waals surface area contributed by atoms with Gasteiger partial charge in [0, 0.05) is 19.0 Å². The molecule has 108 valence electrons. The third-order valence-electron chi connectivity index (χ3n) is 2.51. The van der Waals surface area contributed by atoms with Crippen molar-refractivity contribution in [3.8, 4) is 0 Å². The van der Waals surface area contributed by atoms with Gasteiger partial charge in [0.05, 0.1) is 10.5 Å². The number of nitrogens with one attached hydrogen (secondary N) is 2. The number of benzene rings is 1. The van der Waals surface area contributed by atoms with E-state index in [9.17, 15) is 19.7 Å². The predicted molar refractivity (Wildman–Crippen MR) is 71.7 cm³/mol. The number of rotatable bonds is 7. The second kappa shape index (κ2) is 7.04. The van der Waals surface area contributed by atoms with E-state index in [4.69, 9.17) is 11.6 Å². The van der Waals surface area contributed by atoms with Crippen molar-refractivity contribution in [3.63, 3.8) is 0 Å². The molecule has 0 bridgehead atoms. The fourth-order valence-electron chi connectivity index (χ4n) is 1.59. The van der Waals surface area contributed by atoms with Crippen molar-refractivity contribution in [2.24, 2.45) is 11.6 Å². The highest BCUT2D eigenvalue weighted by molar-refractivity contribution is 6.01. The number of hydrogen-bond acceptors (Lipinski definition) is 6. The second-order valence-corrected chi connectivity index (χ2v) is 3.93. The number of para-hydroxylation sites is 1. The number of nitrogens with zero attached hydrogens (tertiary/aromatic N) is 1. The van der Waals surface area contributed by atoms with Gasteiger partial charge < -0.3 is 16.5 Å². The Kier molecular flexibility index (Phi) is 5.42. The van der Waals surface area contributed by atoms with E-state index >= 15 is 0 Å². The first-order valence-corrected chi connectivity index (χ1v) is 5.78. The van der Waals surface area contributed by atoms with Crippen molar-refractivity contribution in [2.45, 2.75) is 12.8 Å². The Labute approximate surface area is 114 Å². The van der Waals surface area contributed by atoms with Crippen molar-refractivity contribution >= 4 is 23.2 Å². The number of carbonyl (C=O) groups excluding carboxylic acids is 2. The third kappa shape index (κ3) is 3.92. The Balaban J connectivity index is 2.80. The van der Waals surface area contributed by atoms with Crippen LogP contribution in [0.25, 0.3) is 0 Å². The maximum atomic E-state index is 11.9. The molecule has 1 aromatic carbocycles. The Hall–Kier alpha value is -2.68. The summed E-state index contributed by atoms with van der Waals surface area (Å²) in [6.45, 7) is 0.231. The number of primary amides is 1. The first-order chi connectivity index (χ1) is 9.47. The fourth-order valence-corrected chi connectivity index (χ4v) is 1.59. The number of nitro groups is 1. The van der Waals surface area contributed by atoms with Gasteiger partial charge in [0.2, 0.25) is 5.91 Å². The minimum atomic E-state index is -0.640. The molecule has 0 saturated carbocycles. The van der Waals surface area contributed by atoms with E-state index in [2.05, 4.69) is 10.7 Å². The Morgan fingerprint density at radius 3 is 2.60 bits per heavy atom. The molecule has 0 atom stereocenters. The number of hydrogen-bond donors (Lipinski definition) is 4. The van der Waals surface area contributed by atoms with E-state index in [1.54, 1.807) is 0 Å². The third-order valence-corrected chi connectivity index (χ3v) is 2.51. The summed E-state index contributed by atoms with van der Waals surface area (Å²) in [5, 5.41) is 13.3. The normalized spacial score (nSPS) is 9.85. The lowest BCUT2D eigenvalue weighted by Gasteiger charge is -2.09. The molecular weight excluding hydrogens is 266 g/mol. The molecule has 20 heavy (non-hydrogen) atoms. The van der Waals surface area contributed by atoms with Gasteiger partial charge in [-0.15, -0.1) is 0 Å². The predicted octanol–water partition coefficient (Wildman–Crippen LogP) is -0.124. The van der Waals surface area contributed by atoms with Crippen molar-refractivity contribution in [3.05, 3.63) is 33.9 Å². The minimum absolute atomic E-state index is 0.0563. The maximum absolute atomic E-state index is 11.9. The zero-order chi connectivity index (χ0) is 15.1. The molecule has 0 aromatic heterocycles. The Morgan fingerprint density at radius 1 is 1.35 bits per heavy atom. The van der Waals surface area contributed by atoms with Gasteiger partial charge in [0.25, 0.3) is 11.6 Å². The molecule has 1 rings (SSSR count). The summed E-state index contributed by atoms with van der Waals surface area (Å²) in [7, 11) is 0. The van der Waals surface area contributed by atoms with Gasteiger partial charge in [0.15, 0.2) is 0 Å². The molecule has 9 nitrogen and oxygen atoms in total. The molecule has 0 aliphatic rings. The average Bonchev–Trinajstić information content (AvgIpc) is 2.42. The van der Waals surface area contributed by atoms with Crippen LogP contribution in [0.5, 0.6) is 0 Å². The molecule has 0 saturated heterocycles. The van der Waals surface area contributed by atoms with Crippen LogP contribution in [0.2, 0.25) is 0 Å². The van der Waals surface area contributed by atoms with Crippen LogP contribution in [0.15, 0.2) is 18.2 Å². The summed E-state index contributed by atoms with van der Waals surface area (Å²) < 4.78 is 0. The van der Waals surface area contributed by atoms with Crippen molar-refractivity contribution in [1.29, 1.82) is 0 Å². The summed E-state index contributed by atoms with van der Waals surface area (Å²) in [5.74, 6) is 4.24. The highest BCUT2D eigenvalue weighted by atomic mass is 16.6. The number of nitro benzene ring substituents is 1. The molecular formula is C11H15N5O4. The average molecular weight is 281 g/mol. The molecule has 2 amide bonds. The van der Waals surface area contributed by atoms with E-state index in [1.807, 2.05) is 0 Å². The SMILES string of the molecule is NNc1c(C(=O)NCCCC(N)=O)cccc1[N+](=O)[O-]. The molecule has 9 heteroatoms. The lowest BCUT2D eigenvalue weighted by molar-refractivity contribution is -0.384. The lowest BCUT2D eigenvalue weighted by Crippen LogP contribution is -2.27. The van der Waals surface area contributed by atoms with E-state index in [0.717, 1.165) is 0 Å². The van der Waals surface area contributed by atoms with Gasteiger partial charge in [-0.1, -0.05) is 6.07 Å². The van der Waals surface area contributed by atoms with Crippen LogP contribution < -0.4 is 22.3 Å². The van der Waals surface area contributed by atoms with E-state index < -0.39 is 16.7 Å². The highest BCUT2D eigenvalue weighted by Crippen LogP contribution is 2.27. The van der Waals surface area contributed by atoms with Gasteiger partial charge in [-0.2, -0.15) is 0 Å². The van der Waals surface area contributed by atoms with Crippen LogP contribution in [0.1, 0.15) is 23.2 Å². The van der Waals surface area contributed by atoms with Gasteiger partial charge in [0.1, 0.15) is 5.69 Å². The van der Waals surface area contributed by atoms with Crippen molar-refractivity contribution in [1.82, 2.24) is 5.32 Å². The fraction of sp³-hybridized carbons (Fsp3) is 0.273. The zero-order valence-electron chi connectivity index (χ0n) is 10.6. The van der Waals surface area contributed by atoms with Gasteiger partial charge in [-0.25, -0.2) is 0 Å². The molecule has 0 aliphatic carbocycles. The van der Waals surface area contributed by atoms with Crippen LogP contribution in [-0.4, -0.2) is 23.3 Å². The summed E-state index contributed by atoms with van der Waals surface area (Å²) in [4.78, 5) is 32.6. The van der Waals surface area contributed by atoms with Crippen LogP contribution in [0.4, 0.5) is 11.4 Å². The van der Waals surface area contributed by atoms with Crippen molar-refractivity contribution in [2.75, 3.05) is 12.0 Å². The number of anilines is 1. The van der Waals surface area contributed by atoms with Gasteiger partial charge >= 0.3 is 0 Å². The van der Waals surface area contributed by atoms with Gasteiger partial charge in [-0.05, 0) is 12.5 Å². The van der Waals surface area contributed by atoms with Crippen LogP contribution in [0.3, 0.4) is 0 Å². The molecule has 6 N–H and O–H groups in total. The van der Waals surface area contributed by atoms with Crippen molar-refractivity contribution < 1.29 is 14.5 Å². The first kappa shape index (κ1) is 15.4. The monoisotopic (exact) mass is 281 g/mol. The topological polar surface area (TPSA) is 153 Å². The van der Waals surface area contributed by atoms with Gasteiger partial charge in [-0.3, -0.25) is 25.5 Å². The molecule has 1 aromatic rings. The standard InChI is InChI=1S/C11H15N5O4/c12-9(17)5-2-6-14-11(18)7-3-1-4-8(16(19)20)10(7)15-13/h1,3-4,15H,2,5-6,13H2,(H2,12,17)(H,14,18). The number of hydrazine groups is 1. The maximum Gasteiger partial charge on any atom is 0.294 e. The lowest BCUT2D eigenvalue weighted by atomic mass is 10.1. The largest absolute Gasteiger partial charge is 0.370 e. The number of nitrogen functional groups attached to an aromatic ring is 1. The molecule has 0 unspecified atom stereocenters. The molecule has 0 fully saturated rings. The Bertz CT molecular complexity index is 532. The van der Waals surface area contributed by atoms with E-state index in [-0.39, 0.29) is 29.9 Å². The second-order valence-electron chi connectivity index (χ2n) is 3.93. The van der Waals surface area contributed by atoms with Crippen LogP contribution in [-0.2, 0) is 4.79 Å². The highest BCUT2D eigenvalue weighted by Gasteiger charge is 2.20. The molecule has 0 heterocycles. The van der Waals surface area contributed by atoms with E-state index in [1.165, 1.54) is 18.2 Å². The number of nitrogens with two attached hydrogens (primary N) is 2. The first-order valence-electron chi connectivity index (χ1n) is 5.78. The van der Waals surface area contributed by atoms with E-state index in [0.29, 0.717) is 6.42 Å². The molecule has 0 radical (unpaired) electrons. The van der Waals surface area contributed by atoms with Crippen LogP contribution >= 0.6 is 0 Å². The summed E-state index contributed by atoms with van der Waals surface area (Å²) >= 11 is 0. The molecule has 0 spiro atoms. The number of amides is 2.